The summed E-state index contributed by atoms with van der Waals surface area (Å²) in [4.78, 5) is 11.7. The molecule has 1 aromatic rings. The number of benzene rings is 1. The second kappa shape index (κ2) is 5.87. The van der Waals surface area contributed by atoms with Crippen molar-refractivity contribution in [1.29, 1.82) is 0 Å². The topological polar surface area (TPSA) is 29.1 Å². The molecule has 0 aromatic heterocycles. The summed E-state index contributed by atoms with van der Waals surface area (Å²) in [5.74, 6) is 2.50. The molecule has 0 aliphatic heterocycles. The van der Waals surface area contributed by atoms with Crippen LogP contribution in [0.5, 0.6) is 0 Å². The molecule has 2 heteroatoms. The van der Waals surface area contributed by atoms with Crippen molar-refractivity contribution in [2.45, 2.75) is 25.8 Å². The molecule has 1 amide bonds. The summed E-state index contributed by atoms with van der Waals surface area (Å²) < 4.78 is 0. The molecule has 1 rings (SSSR count). The minimum Gasteiger partial charge on any atom is -0.348 e. The molecule has 2 nitrogen and oxygen atoms in total. The van der Waals surface area contributed by atoms with E-state index < -0.39 is 0 Å². The lowest BCUT2D eigenvalue weighted by Gasteiger charge is -2.13. The fraction of sp³-hybridized carbons (Fsp3) is 0.308. The van der Waals surface area contributed by atoms with Gasteiger partial charge < -0.3 is 5.32 Å². The van der Waals surface area contributed by atoms with Crippen LogP contribution in [0, 0.1) is 12.3 Å². The molecule has 15 heavy (non-hydrogen) atoms. The van der Waals surface area contributed by atoms with E-state index in [4.69, 9.17) is 6.42 Å². The number of nitrogens with one attached hydrogen (secondary N) is 1. The van der Waals surface area contributed by atoms with Crippen LogP contribution in [0.3, 0.4) is 0 Å². The van der Waals surface area contributed by atoms with Gasteiger partial charge in [0, 0.05) is 18.0 Å². The highest BCUT2D eigenvalue weighted by atomic mass is 16.1. The molecule has 1 atom stereocenters. The summed E-state index contributed by atoms with van der Waals surface area (Å²) in [6, 6.07) is 9.22. The molecule has 0 aliphatic rings. The molecule has 0 radical (unpaired) electrons. The molecular weight excluding hydrogens is 186 g/mol. The molecule has 0 heterocycles. The van der Waals surface area contributed by atoms with Gasteiger partial charge >= 0.3 is 0 Å². The Kier molecular flexibility index (Phi) is 4.43. The Hall–Kier alpha value is -1.75. The quantitative estimate of drug-likeness (QED) is 0.743. The number of hydrogen-bond donors (Lipinski definition) is 1. The second-order valence-corrected chi connectivity index (χ2v) is 3.35. The number of amides is 1. The summed E-state index contributed by atoms with van der Waals surface area (Å²) in [6.45, 7) is 2.01. The van der Waals surface area contributed by atoms with Gasteiger partial charge in [-0.15, -0.1) is 12.3 Å². The number of hydrogen-bond acceptors (Lipinski definition) is 1. The van der Waals surface area contributed by atoms with Crippen molar-refractivity contribution < 1.29 is 4.79 Å². The lowest BCUT2D eigenvalue weighted by Crippen LogP contribution is -2.33. The summed E-state index contributed by atoms with van der Waals surface area (Å²) in [7, 11) is 0. The van der Waals surface area contributed by atoms with E-state index in [1.54, 1.807) is 12.1 Å². The summed E-state index contributed by atoms with van der Waals surface area (Å²) in [6.07, 6.45) is 6.65. The number of carbonyl (C=O) groups excluding carboxylic acids is 1. The van der Waals surface area contributed by atoms with Crippen molar-refractivity contribution in [3.63, 3.8) is 0 Å². The van der Waals surface area contributed by atoms with E-state index in [2.05, 4.69) is 11.2 Å². The maximum absolute atomic E-state index is 11.7. The zero-order valence-electron chi connectivity index (χ0n) is 8.86. The Morgan fingerprint density at radius 3 is 2.67 bits per heavy atom. The van der Waals surface area contributed by atoms with Crippen molar-refractivity contribution >= 4 is 5.91 Å². The highest BCUT2D eigenvalue weighted by Crippen LogP contribution is 2.02. The molecule has 1 unspecified atom stereocenters. The molecular formula is C13H15NO. The number of rotatable bonds is 4. The first-order valence-corrected chi connectivity index (χ1v) is 5.07. The SMILES string of the molecule is C#CCC(CC)NC(=O)c1ccccc1. The van der Waals surface area contributed by atoms with E-state index in [0.29, 0.717) is 12.0 Å². The van der Waals surface area contributed by atoms with E-state index in [0.717, 1.165) is 6.42 Å². The van der Waals surface area contributed by atoms with E-state index in [1.807, 2.05) is 25.1 Å². The average molecular weight is 201 g/mol. The summed E-state index contributed by atoms with van der Waals surface area (Å²) in [5.41, 5.74) is 0.674. The number of carbonyl (C=O) groups is 1. The van der Waals surface area contributed by atoms with Crippen molar-refractivity contribution in [1.82, 2.24) is 5.32 Å². The van der Waals surface area contributed by atoms with Crippen LogP contribution in [0.1, 0.15) is 30.1 Å². The van der Waals surface area contributed by atoms with E-state index in [9.17, 15) is 4.79 Å². The Balaban J connectivity index is 2.59. The maximum atomic E-state index is 11.7. The first-order valence-electron chi connectivity index (χ1n) is 5.07. The van der Waals surface area contributed by atoms with Crippen LogP contribution in [0.25, 0.3) is 0 Å². The van der Waals surface area contributed by atoms with Gasteiger partial charge in [-0.1, -0.05) is 25.1 Å². The highest BCUT2D eigenvalue weighted by molar-refractivity contribution is 5.94. The third-order valence-corrected chi connectivity index (χ3v) is 2.23. The van der Waals surface area contributed by atoms with Gasteiger partial charge in [0.05, 0.1) is 0 Å². The molecule has 0 spiro atoms. The lowest BCUT2D eigenvalue weighted by atomic mass is 10.1. The zero-order chi connectivity index (χ0) is 11.1. The van der Waals surface area contributed by atoms with Gasteiger partial charge in [-0.2, -0.15) is 0 Å². The molecule has 0 saturated heterocycles. The van der Waals surface area contributed by atoms with Crippen LogP contribution in [0.4, 0.5) is 0 Å². The lowest BCUT2D eigenvalue weighted by molar-refractivity contribution is 0.0936. The molecule has 0 saturated carbocycles. The zero-order valence-corrected chi connectivity index (χ0v) is 8.86. The van der Waals surface area contributed by atoms with Crippen LogP contribution in [-0.4, -0.2) is 11.9 Å². The van der Waals surface area contributed by atoms with Crippen molar-refractivity contribution in [2.24, 2.45) is 0 Å². The van der Waals surface area contributed by atoms with Crippen molar-refractivity contribution in [2.75, 3.05) is 0 Å². The van der Waals surface area contributed by atoms with Gasteiger partial charge in [0.15, 0.2) is 0 Å². The normalized spacial score (nSPS) is 11.5. The molecule has 0 bridgehead atoms. The first-order chi connectivity index (χ1) is 7.27. The van der Waals surface area contributed by atoms with Crippen LogP contribution in [-0.2, 0) is 0 Å². The largest absolute Gasteiger partial charge is 0.348 e. The van der Waals surface area contributed by atoms with Gasteiger partial charge in [0.2, 0.25) is 0 Å². The summed E-state index contributed by atoms with van der Waals surface area (Å²) in [5, 5.41) is 2.90. The van der Waals surface area contributed by atoms with Crippen LogP contribution >= 0.6 is 0 Å². The van der Waals surface area contributed by atoms with Crippen LogP contribution in [0.2, 0.25) is 0 Å². The predicted molar refractivity (Wildman–Crippen MR) is 61.4 cm³/mol. The Labute approximate surface area is 90.7 Å². The average Bonchev–Trinajstić information content (AvgIpc) is 2.29. The fourth-order valence-electron chi connectivity index (χ4n) is 1.30. The van der Waals surface area contributed by atoms with E-state index >= 15 is 0 Å². The van der Waals surface area contributed by atoms with Crippen LogP contribution < -0.4 is 5.32 Å². The van der Waals surface area contributed by atoms with Gasteiger partial charge in [0.1, 0.15) is 0 Å². The van der Waals surface area contributed by atoms with E-state index in [1.165, 1.54) is 0 Å². The molecule has 0 aliphatic carbocycles. The highest BCUT2D eigenvalue weighted by Gasteiger charge is 2.10. The minimum atomic E-state index is -0.0577. The minimum absolute atomic E-state index is 0.0577. The predicted octanol–water partition coefficient (Wildman–Crippen LogP) is 2.22. The van der Waals surface area contributed by atoms with Gasteiger partial charge in [-0.05, 0) is 18.6 Å². The molecule has 1 aromatic carbocycles. The molecule has 1 N–H and O–H groups in total. The van der Waals surface area contributed by atoms with Gasteiger partial charge in [-0.25, -0.2) is 0 Å². The first kappa shape index (κ1) is 11.3. The second-order valence-electron chi connectivity index (χ2n) is 3.35. The summed E-state index contributed by atoms with van der Waals surface area (Å²) >= 11 is 0. The smallest absolute Gasteiger partial charge is 0.251 e. The Morgan fingerprint density at radius 2 is 2.13 bits per heavy atom. The number of terminal acetylenes is 1. The standard InChI is InChI=1S/C13H15NO/c1-3-8-12(4-2)14-13(15)11-9-6-5-7-10-11/h1,5-7,9-10,12H,4,8H2,2H3,(H,14,15). The van der Waals surface area contributed by atoms with E-state index in [-0.39, 0.29) is 11.9 Å². The molecule has 78 valence electrons. The molecule has 0 fully saturated rings. The maximum Gasteiger partial charge on any atom is 0.251 e. The fourth-order valence-corrected chi connectivity index (χ4v) is 1.30. The monoisotopic (exact) mass is 201 g/mol. The van der Waals surface area contributed by atoms with Crippen LogP contribution in [0.15, 0.2) is 30.3 Å². The Morgan fingerprint density at radius 1 is 1.47 bits per heavy atom. The van der Waals surface area contributed by atoms with Crippen molar-refractivity contribution in [3.05, 3.63) is 35.9 Å². The van der Waals surface area contributed by atoms with Gasteiger partial charge in [-0.3, -0.25) is 4.79 Å². The van der Waals surface area contributed by atoms with Crippen molar-refractivity contribution in [3.8, 4) is 12.3 Å². The third kappa shape index (κ3) is 3.47. The third-order valence-electron chi connectivity index (χ3n) is 2.23. The Bertz CT molecular complexity index is 351. The van der Waals surface area contributed by atoms with Gasteiger partial charge in [0.25, 0.3) is 5.91 Å².